The number of carbonyl (C=O) groups excluding carboxylic acids is 1. The number of ether oxygens (including phenoxy) is 1. The number of methoxy groups -OCH3 is 1. The lowest BCUT2D eigenvalue weighted by atomic mass is 10.2. The summed E-state index contributed by atoms with van der Waals surface area (Å²) in [5.74, 6) is -0.0638. The Balaban J connectivity index is 2.87. The van der Waals surface area contributed by atoms with Gasteiger partial charge in [-0.25, -0.2) is 4.98 Å². The fraction of sp³-hybridized carbons (Fsp3) is 0.417. The molecule has 0 spiro atoms. The second-order valence-electron chi connectivity index (χ2n) is 3.80. The summed E-state index contributed by atoms with van der Waals surface area (Å²) in [7, 11) is 1.55. The summed E-state index contributed by atoms with van der Waals surface area (Å²) in [5.41, 5.74) is 5.91. The van der Waals surface area contributed by atoms with Gasteiger partial charge in [-0.15, -0.1) is 0 Å². The van der Waals surface area contributed by atoms with Crippen molar-refractivity contribution in [2.75, 3.05) is 32.5 Å². The minimum atomic E-state index is -0.247. The van der Waals surface area contributed by atoms with Gasteiger partial charge in [0.05, 0.1) is 19.1 Å². The quantitative estimate of drug-likeness (QED) is 0.794. The molecule has 1 heterocycles. The number of nitriles is 1. The van der Waals surface area contributed by atoms with Gasteiger partial charge in [-0.3, -0.25) is 4.79 Å². The van der Waals surface area contributed by atoms with E-state index < -0.39 is 0 Å². The maximum absolute atomic E-state index is 12.3. The van der Waals surface area contributed by atoms with E-state index in [2.05, 4.69) is 4.98 Å². The Morgan fingerprint density at radius 1 is 1.58 bits per heavy atom. The van der Waals surface area contributed by atoms with E-state index >= 15 is 0 Å². The van der Waals surface area contributed by atoms with Crippen molar-refractivity contribution in [1.82, 2.24) is 9.88 Å². The standard InChI is InChI=1S/C12H15ClN4O2/c1-19-6-5-17(4-2-3-14)12(18)9-7-10(13)16-11(15)8-9/h7-8H,2,4-6H2,1H3,(H2,15,16). The van der Waals surface area contributed by atoms with Crippen molar-refractivity contribution in [3.05, 3.63) is 22.8 Å². The Hall–Kier alpha value is -1.84. The first kappa shape index (κ1) is 15.2. The zero-order valence-electron chi connectivity index (χ0n) is 10.6. The zero-order chi connectivity index (χ0) is 14.3. The molecule has 0 radical (unpaired) electrons. The molecule has 102 valence electrons. The molecule has 0 fully saturated rings. The Labute approximate surface area is 116 Å². The topological polar surface area (TPSA) is 92.2 Å². The molecular formula is C12H15ClN4O2. The summed E-state index contributed by atoms with van der Waals surface area (Å²) >= 11 is 5.77. The van der Waals surface area contributed by atoms with Crippen LogP contribution in [0, 0.1) is 11.3 Å². The number of rotatable bonds is 6. The molecule has 1 aromatic rings. The second kappa shape index (κ2) is 7.56. The largest absolute Gasteiger partial charge is 0.384 e. The average molecular weight is 283 g/mol. The predicted octanol–water partition coefficient (Wildman–Crippen LogP) is 1.32. The molecule has 0 aliphatic heterocycles. The molecule has 2 N–H and O–H groups in total. The lowest BCUT2D eigenvalue weighted by molar-refractivity contribution is 0.0700. The van der Waals surface area contributed by atoms with E-state index in [1.165, 1.54) is 17.0 Å². The van der Waals surface area contributed by atoms with E-state index in [9.17, 15) is 4.79 Å². The minimum absolute atomic E-state index is 0.162. The third-order valence-electron chi connectivity index (χ3n) is 2.41. The highest BCUT2D eigenvalue weighted by Gasteiger charge is 2.16. The molecule has 0 aliphatic carbocycles. The minimum Gasteiger partial charge on any atom is -0.384 e. The number of hydrogen-bond acceptors (Lipinski definition) is 5. The normalized spacial score (nSPS) is 9.95. The average Bonchev–Trinajstić information content (AvgIpc) is 2.37. The fourth-order valence-electron chi connectivity index (χ4n) is 1.52. The first-order valence-electron chi connectivity index (χ1n) is 5.66. The van der Waals surface area contributed by atoms with Gasteiger partial charge >= 0.3 is 0 Å². The highest BCUT2D eigenvalue weighted by atomic mass is 35.5. The summed E-state index contributed by atoms with van der Waals surface area (Å²) in [6.45, 7) is 1.13. The van der Waals surface area contributed by atoms with Crippen LogP contribution in [-0.2, 0) is 4.74 Å². The van der Waals surface area contributed by atoms with Crippen molar-refractivity contribution < 1.29 is 9.53 Å². The summed E-state index contributed by atoms with van der Waals surface area (Å²) in [6.07, 6.45) is 0.254. The van der Waals surface area contributed by atoms with Crippen molar-refractivity contribution in [2.45, 2.75) is 6.42 Å². The maximum Gasteiger partial charge on any atom is 0.254 e. The summed E-state index contributed by atoms with van der Waals surface area (Å²) in [6, 6.07) is 4.92. The number of pyridine rings is 1. The number of anilines is 1. The van der Waals surface area contributed by atoms with Gasteiger partial charge in [0.1, 0.15) is 11.0 Å². The van der Waals surface area contributed by atoms with Gasteiger partial charge in [0.25, 0.3) is 5.91 Å². The van der Waals surface area contributed by atoms with Crippen LogP contribution in [0.4, 0.5) is 5.82 Å². The lowest BCUT2D eigenvalue weighted by Gasteiger charge is -2.21. The van der Waals surface area contributed by atoms with Crippen molar-refractivity contribution in [2.24, 2.45) is 0 Å². The third-order valence-corrected chi connectivity index (χ3v) is 2.60. The SMILES string of the molecule is COCCN(CCC#N)C(=O)c1cc(N)nc(Cl)c1. The molecule has 19 heavy (non-hydrogen) atoms. The van der Waals surface area contributed by atoms with Crippen molar-refractivity contribution >= 4 is 23.3 Å². The van der Waals surface area contributed by atoms with Crippen LogP contribution in [0.3, 0.4) is 0 Å². The molecule has 0 saturated carbocycles. The van der Waals surface area contributed by atoms with Gasteiger partial charge in [-0.1, -0.05) is 11.6 Å². The summed E-state index contributed by atoms with van der Waals surface area (Å²) < 4.78 is 4.95. The van der Waals surface area contributed by atoms with Crippen LogP contribution >= 0.6 is 11.6 Å². The van der Waals surface area contributed by atoms with Crippen LogP contribution in [-0.4, -0.2) is 42.6 Å². The number of halogens is 1. The van der Waals surface area contributed by atoms with Crippen LogP contribution in [0.5, 0.6) is 0 Å². The maximum atomic E-state index is 12.3. The number of aromatic nitrogens is 1. The zero-order valence-corrected chi connectivity index (χ0v) is 11.4. The molecule has 1 aromatic heterocycles. The smallest absolute Gasteiger partial charge is 0.254 e. The Morgan fingerprint density at radius 3 is 2.89 bits per heavy atom. The number of carbonyl (C=O) groups is 1. The van der Waals surface area contributed by atoms with E-state index in [4.69, 9.17) is 27.3 Å². The number of nitrogens with two attached hydrogens (primary N) is 1. The number of nitrogen functional groups attached to an aromatic ring is 1. The van der Waals surface area contributed by atoms with Gasteiger partial charge in [-0.2, -0.15) is 5.26 Å². The van der Waals surface area contributed by atoms with Gasteiger partial charge in [0, 0.05) is 25.8 Å². The molecule has 7 heteroatoms. The monoisotopic (exact) mass is 282 g/mol. The molecule has 6 nitrogen and oxygen atoms in total. The third kappa shape index (κ3) is 4.73. The Morgan fingerprint density at radius 2 is 2.32 bits per heavy atom. The molecule has 0 saturated heterocycles. The lowest BCUT2D eigenvalue weighted by Crippen LogP contribution is -2.34. The van der Waals surface area contributed by atoms with Crippen molar-refractivity contribution in [3.8, 4) is 6.07 Å². The van der Waals surface area contributed by atoms with E-state index in [0.717, 1.165) is 0 Å². The van der Waals surface area contributed by atoms with Gasteiger partial charge in [0.15, 0.2) is 0 Å². The van der Waals surface area contributed by atoms with E-state index in [0.29, 0.717) is 25.3 Å². The first-order valence-corrected chi connectivity index (χ1v) is 6.04. The number of hydrogen-bond donors (Lipinski definition) is 1. The molecular weight excluding hydrogens is 268 g/mol. The van der Waals surface area contributed by atoms with Crippen LogP contribution in [0.15, 0.2) is 12.1 Å². The molecule has 0 aliphatic rings. The number of nitrogens with zero attached hydrogens (tertiary/aromatic N) is 3. The number of amides is 1. The first-order chi connectivity index (χ1) is 9.08. The van der Waals surface area contributed by atoms with E-state index in [1.54, 1.807) is 7.11 Å². The summed E-state index contributed by atoms with van der Waals surface area (Å²) in [5, 5.41) is 8.77. The molecule has 0 bridgehead atoms. The van der Waals surface area contributed by atoms with Crippen molar-refractivity contribution in [1.29, 1.82) is 5.26 Å². The van der Waals surface area contributed by atoms with Gasteiger partial charge < -0.3 is 15.4 Å². The van der Waals surface area contributed by atoms with Crippen LogP contribution in [0.25, 0.3) is 0 Å². The van der Waals surface area contributed by atoms with E-state index in [-0.39, 0.29) is 23.3 Å². The van der Waals surface area contributed by atoms with Crippen LogP contribution < -0.4 is 5.73 Å². The van der Waals surface area contributed by atoms with E-state index in [1.807, 2.05) is 6.07 Å². The van der Waals surface area contributed by atoms with Gasteiger partial charge in [0.2, 0.25) is 0 Å². The fourth-order valence-corrected chi connectivity index (χ4v) is 1.74. The van der Waals surface area contributed by atoms with Gasteiger partial charge in [-0.05, 0) is 12.1 Å². The summed E-state index contributed by atoms with van der Waals surface area (Å²) in [4.78, 5) is 17.6. The molecule has 0 atom stereocenters. The highest BCUT2D eigenvalue weighted by molar-refractivity contribution is 6.29. The Bertz CT molecular complexity index is 467. The molecule has 1 amide bonds. The van der Waals surface area contributed by atoms with Crippen LogP contribution in [0.1, 0.15) is 16.8 Å². The Kier molecular flexibility index (Phi) is 6.06. The van der Waals surface area contributed by atoms with Crippen molar-refractivity contribution in [3.63, 3.8) is 0 Å². The highest BCUT2D eigenvalue weighted by Crippen LogP contribution is 2.14. The van der Waals surface area contributed by atoms with Crippen LogP contribution in [0.2, 0.25) is 5.15 Å². The molecule has 1 rings (SSSR count). The second-order valence-corrected chi connectivity index (χ2v) is 4.18. The molecule has 0 unspecified atom stereocenters. The predicted molar refractivity (Wildman–Crippen MR) is 71.7 cm³/mol. The molecule has 0 aromatic carbocycles.